The summed E-state index contributed by atoms with van der Waals surface area (Å²) in [5, 5.41) is 12.9. The van der Waals surface area contributed by atoms with Crippen LogP contribution in [0.2, 0.25) is 5.02 Å². The second-order valence-electron chi connectivity index (χ2n) is 2.89. The maximum atomic E-state index is 8.39. The smallest absolute Gasteiger partial charge is 0.164 e. The highest BCUT2D eigenvalue weighted by atomic mass is 35.5. The van der Waals surface area contributed by atoms with Gasteiger partial charge < -0.3 is 5.73 Å². The van der Waals surface area contributed by atoms with E-state index in [1.165, 1.54) is 0 Å². The molecule has 0 radical (unpaired) electrons. The van der Waals surface area contributed by atoms with Gasteiger partial charge in [0.05, 0.1) is 12.1 Å². The Morgan fingerprint density at radius 2 is 2.54 bits per heavy atom. The lowest BCUT2D eigenvalue weighted by Crippen LogP contribution is -2.05. The first-order valence-electron chi connectivity index (χ1n) is 4.02. The number of hydrogen-bond acceptors (Lipinski definition) is 3. The summed E-state index contributed by atoms with van der Waals surface area (Å²) in [6.07, 6.45) is 2.95. The van der Waals surface area contributed by atoms with Gasteiger partial charge in [0.2, 0.25) is 0 Å². The monoisotopic (exact) mass is 198 g/mol. The van der Waals surface area contributed by atoms with Crippen LogP contribution in [0.15, 0.2) is 6.20 Å². The first-order chi connectivity index (χ1) is 6.15. The Morgan fingerprint density at radius 1 is 1.85 bits per heavy atom. The quantitative estimate of drug-likeness (QED) is 0.808. The van der Waals surface area contributed by atoms with E-state index in [-0.39, 0.29) is 6.04 Å². The zero-order chi connectivity index (χ0) is 9.84. The third-order valence-corrected chi connectivity index (χ3v) is 2.13. The Balaban J connectivity index is 2.67. The van der Waals surface area contributed by atoms with Crippen LogP contribution in [-0.4, -0.2) is 9.78 Å². The lowest BCUT2D eigenvalue weighted by molar-refractivity contribution is 0.466. The minimum absolute atomic E-state index is 0.162. The van der Waals surface area contributed by atoms with Gasteiger partial charge in [0.1, 0.15) is 5.02 Å². The predicted molar refractivity (Wildman–Crippen MR) is 51.2 cm³/mol. The molecule has 4 nitrogen and oxygen atoms in total. The van der Waals surface area contributed by atoms with Crippen LogP contribution in [0.1, 0.15) is 25.8 Å². The van der Waals surface area contributed by atoms with Crippen LogP contribution in [0.3, 0.4) is 0 Å². The molecule has 0 amide bonds. The van der Waals surface area contributed by atoms with E-state index in [1.807, 2.05) is 6.92 Å². The number of nitrogens with zero attached hydrogens (tertiary/aromatic N) is 3. The number of anilines is 1. The van der Waals surface area contributed by atoms with Crippen molar-refractivity contribution < 1.29 is 0 Å². The molecule has 0 aliphatic carbocycles. The molecule has 1 unspecified atom stereocenters. The van der Waals surface area contributed by atoms with Crippen molar-refractivity contribution in [2.75, 3.05) is 5.73 Å². The molecule has 2 N–H and O–H groups in total. The summed E-state index contributed by atoms with van der Waals surface area (Å²) in [6, 6.07) is 2.25. The van der Waals surface area contributed by atoms with Crippen LogP contribution in [-0.2, 0) is 0 Å². The van der Waals surface area contributed by atoms with Gasteiger partial charge in [-0.3, -0.25) is 4.68 Å². The molecular weight excluding hydrogens is 188 g/mol. The van der Waals surface area contributed by atoms with Gasteiger partial charge in [0, 0.05) is 12.6 Å². The summed E-state index contributed by atoms with van der Waals surface area (Å²) in [4.78, 5) is 0. The van der Waals surface area contributed by atoms with Crippen LogP contribution < -0.4 is 5.73 Å². The molecule has 0 aliphatic heterocycles. The molecule has 0 aromatic carbocycles. The predicted octanol–water partition coefficient (Wildman–Crippen LogP) is 1.98. The number of aromatic nitrogens is 2. The second-order valence-corrected chi connectivity index (χ2v) is 3.30. The van der Waals surface area contributed by atoms with Crippen LogP contribution in [0, 0.1) is 11.3 Å². The third kappa shape index (κ3) is 2.36. The molecule has 13 heavy (non-hydrogen) atoms. The lowest BCUT2D eigenvalue weighted by atomic mass is 10.2. The van der Waals surface area contributed by atoms with E-state index in [4.69, 9.17) is 22.6 Å². The Kier molecular flexibility index (Phi) is 3.15. The minimum Gasteiger partial charge on any atom is -0.381 e. The molecule has 0 saturated heterocycles. The molecule has 1 aromatic heterocycles. The van der Waals surface area contributed by atoms with Crippen LogP contribution in [0.5, 0.6) is 0 Å². The first-order valence-corrected chi connectivity index (χ1v) is 4.40. The van der Waals surface area contributed by atoms with Crippen molar-refractivity contribution in [2.24, 2.45) is 0 Å². The van der Waals surface area contributed by atoms with Crippen molar-refractivity contribution >= 4 is 17.4 Å². The van der Waals surface area contributed by atoms with Crippen molar-refractivity contribution in [2.45, 2.75) is 25.8 Å². The maximum Gasteiger partial charge on any atom is 0.164 e. The van der Waals surface area contributed by atoms with E-state index in [9.17, 15) is 0 Å². The average Bonchev–Trinajstić information content (AvgIpc) is 2.43. The first kappa shape index (κ1) is 9.87. The van der Waals surface area contributed by atoms with E-state index in [0.717, 1.165) is 6.42 Å². The fourth-order valence-corrected chi connectivity index (χ4v) is 1.15. The van der Waals surface area contributed by atoms with E-state index < -0.39 is 0 Å². The largest absolute Gasteiger partial charge is 0.381 e. The second kappa shape index (κ2) is 4.15. The molecular formula is C8H11ClN4. The Morgan fingerprint density at radius 3 is 3.00 bits per heavy atom. The van der Waals surface area contributed by atoms with Crippen molar-refractivity contribution in [3.63, 3.8) is 0 Å². The molecule has 1 atom stereocenters. The number of nitriles is 1. The van der Waals surface area contributed by atoms with Gasteiger partial charge >= 0.3 is 0 Å². The molecule has 5 heteroatoms. The summed E-state index contributed by atoms with van der Waals surface area (Å²) >= 11 is 5.73. The summed E-state index contributed by atoms with van der Waals surface area (Å²) < 4.78 is 1.69. The standard InChI is InChI=1S/C8H11ClN4/c1-6(3-2-4-10)13-5-7(9)8(11)12-13/h5-6H,2-3H2,1H3,(H2,11,12). The van der Waals surface area contributed by atoms with E-state index in [2.05, 4.69) is 11.2 Å². The topological polar surface area (TPSA) is 67.6 Å². The SMILES string of the molecule is CC(CCC#N)n1cc(Cl)c(N)n1. The Labute approximate surface area is 81.9 Å². The van der Waals surface area contributed by atoms with Crippen LogP contribution in [0.25, 0.3) is 0 Å². The number of halogens is 1. The normalized spacial score (nSPS) is 12.4. The average molecular weight is 199 g/mol. The van der Waals surface area contributed by atoms with Crippen LogP contribution in [0.4, 0.5) is 5.82 Å². The van der Waals surface area contributed by atoms with Crippen molar-refractivity contribution in [3.8, 4) is 6.07 Å². The summed E-state index contributed by atoms with van der Waals surface area (Å²) in [5.41, 5.74) is 5.48. The summed E-state index contributed by atoms with van der Waals surface area (Å²) in [7, 11) is 0. The summed E-state index contributed by atoms with van der Waals surface area (Å²) in [5.74, 6) is 0.338. The van der Waals surface area contributed by atoms with Gasteiger partial charge in [0.15, 0.2) is 5.82 Å². The van der Waals surface area contributed by atoms with Crippen molar-refractivity contribution in [1.82, 2.24) is 9.78 Å². The van der Waals surface area contributed by atoms with Gasteiger partial charge in [-0.05, 0) is 13.3 Å². The minimum atomic E-state index is 0.162. The molecule has 0 fully saturated rings. The molecule has 0 spiro atoms. The Hall–Kier alpha value is -1.21. The number of hydrogen-bond donors (Lipinski definition) is 1. The van der Waals surface area contributed by atoms with Gasteiger partial charge in [-0.1, -0.05) is 11.6 Å². The van der Waals surface area contributed by atoms with Crippen LogP contribution >= 0.6 is 11.6 Å². The summed E-state index contributed by atoms with van der Waals surface area (Å²) in [6.45, 7) is 1.97. The van der Waals surface area contributed by atoms with Crippen molar-refractivity contribution in [3.05, 3.63) is 11.2 Å². The molecule has 1 aromatic rings. The van der Waals surface area contributed by atoms with E-state index in [1.54, 1.807) is 10.9 Å². The fraction of sp³-hybridized carbons (Fsp3) is 0.500. The zero-order valence-corrected chi connectivity index (χ0v) is 8.12. The molecule has 70 valence electrons. The highest BCUT2D eigenvalue weighted by Crippen LogP contribution is 2.20. The molecule has 1 rings (SSSR count). The lowest BCUT2D eigenvalue weighted by Gasteiger charge is -2.08. The van der Waals surface area contributed by atoms with Gasteiger partial charge in [0.25, 0.3) is 0 Å². The number of nitrogens with two attached hydrogens (primary N) is 1. The van der Waals surface area contributed by atoms with Gasteiger partial charge in [-0.2, -0.15) is 10.4 Å². The number of nitrogen functional groups attached to an aromatic ring is 1. The third-order valence-electron chi connectivity index (χ3n) is 1.84. The molecule has 1 heterocycles. The van der Waals surface area contributed by atoms with Crippen molar-refractivity contribution in [1.29, 1.82) is 5.26 Å². The zero-order valence-electron chi connectivity index (χ0n) is 7.37. The highest BCUT2D eigenvalue weighted by Gasteiger charge is 2.08. The maximum absolute atomic E-state index is 8.39. The van der Waals surface area contributed by atoms with Gasteiger partial charge in [-0.15, -0.1) is 0 Å². The molecule has 0 aliphatic rings. The highest BCUT2D eigenvalue weighted by molar-refractivity contribution is 6.32. The molecule has 0 bridgehead atoms. The van der Waals surface area contributed by atoms with Gasteiger partial charge in [-0.25, -0.2) is 0 Å². The molecule has 0 saturated carbocycles. The van der Waals surface area contributed by atoms with E-state index in [0.29, 0.717) is 17.3 Å². The Bertz CT molecular complexity index is 306. The fourth-order valence-electron chi connectivity index (χ4n) is 1.01. The number of rotatable bonds is 3. The van der Waals surface area contributed by atoms with E-state index >= 15 is 0 Å².